The largest absolute Gasteiger partial charge is 0.473 e. The maximum atomic E-state index is 13.0. The zero-order valence-corrected chi connectivity index (χ0v) is 15.5. The van der Waals surface area contributed by atoms with Crippen LogP contribution in [0.15, 0.2) is 12.3 Å². The van der Waals surface area contributed by atoms with E-state index in [0.29, 0.717) is 19.5 Å². The van der Waals surface area contributed by atoms with Crippen LogP contribution >= 0.6 is 11.6 Å². The molecule has 144 valence electrons. The van der Waals surface area contributed by atoms with E-state index in [9.17, 15) is 14.0 Å². The Bertz CT molecular complexity index is 815. The number of rotatable bonds is 2. The number of carbonyl (C=O) groups is 2. The van der Waals surface area contributed by atoms with Crippen LogP contribution in [0.3, 0.4) is 0 Å². The molecule has 0 aromatic carbocycles. The first-order valence-corrected chi connectivity index (χ1v) is 9.56. The predicted molar refractivity (Wildman–Crippen MR) is 93.9 cm³/mol. The van der Waals surface area contributed by atoms with Crippen LogP contribution in [0.25, 0.3) is 0 Å². The van der Waals surface area contributed by atoms with E-state index in [-0.39, 0.29) is 39.9 Å². The highest BCUT2D eigenvalue weighted by atomic mass is 35.5. The third kappa shape index (κ3) is 2.81. The quantitative estimate of drug-likeness (QED) is 0.830. The molecule has 27 heavy (non-hydrogen) atoms. The molecule has 1 N–H and O–H groups in total. The van der Waals surface area contributed by atoms with E-state index in [1.165, 1.54) is 6.07 Å². The van der Waals surface area contributed by atoms with E-state index in [4.69, 9.17) is 16.3 Å². The van der Waals surface area contributed by atoms with Crippen LogP contribution in [-0.4, -0.2) is 64.5 Å². The summed E-state index contributed by atoms with van der Waals surface area (Å²) in [7, 11) is 0. The smallest absolute Gasteiger partial charge is 0.320 e. The van der Waals surface area contributed by atoms with Gasteiger partial charge in [0.05, 0.1) is 11.7 Å². The maximum Gasteiger partial charge on any atom is 0.320 e. The lowest BCUT2D eigenvalue weighted by atomic mass is 9.62. The van der Waals surface area contributed by atoms with Crippen molar-refractivity contribution >= 4 is 23.5 Å². The Morgan fingerprint density at radius 3 is 2.63 bits per heavy atom. The number of nitrogens with one attached hydrogen (secondary N) is 1. The van der Waals surface area contributed by atoms with Gasteiger partial charge in [0.15, 0.2) is 0 Å². The standard InChI is InChI=1S/C18H20ClFN4O3/c19-13-3-11(20)6-21-15(13)27-12-4-17(5-12)7-23(8-17)16(26)24-9-18(10-24)2-1-14(25)22-18/h3,6,12H,1-2,4-5,7-10H2,(H,22,25). The third-order valence-corrected chi connectivity index (χ3v) is 6.46. The van der Waals surface area contributed by atoms with Crippen molar-refractivity contribution in [2.45, 2.75) is 37.3 Å². The van der Waals surface area contributed by atoms with E-state index in [2.05, 4.69) is 10.3 Å². The summed E-state index contributed by atoms with van der Waals surface area (Å²) in [6, 6.07) is 1.24. The van der Waals surface area contributed by atoms with E-state index < -0.39 is 5.82 Å². The lowest BCUT2D eigenvalue weighted by molar-refractivity contribution is -0.121. The van der Waals surface area contributed by atoms with Crippen molar-refractivity contribution in [2.75, 3.05) is 26.2 Å². The van der Waals surface area contributed by atoms with Gasteiger partial charge in [-0.3, -0.25) is 4.79 Å². The SMILES string of the molecule is O=C1CCC2(CN(C(=O)N3CC4(CC(Oc5ncc(F)cc5Cl)C4)C3)C2)N1. The number of urea groups is 1. The van der Waals surface area contributed by atoms with Gasteiger partial charge < -0.3 is 19.9 Å². The van der Waals surface area contributed by atoms with Gasteiger partial charge in [-0.05, 0) is 25.3 Å². The summed E-state index contributed by atoms with van der Waals surface area (Å²) in [6.07, 6.45) is 4.14. The number of aromatic nitrogens is 1. The van der Waals surface area contributed by atoms with Crippen LogP contribution in [0, 0.1) is 11.2 Å². The molecule has 5 rings (SSSR count). The molecule has 0 atom stereocenters. The van der Waals surface area contributed by atoms with Gasteiger partial charge in [0.25, 0.3) is 0 Å². The average molecular weight is 395 g/mol. The van der Waals surface area contributed by atoms with Crippen LogP contribution < -0.4 is 10.1 Å². The minimum Gasteiger partial charge on any atom is -0.473 e. The molecule has 3 aliphatic heterocycles. The van der Waals surface area contributed by atoms with Crippen molar-refractivity contribution in [2.24, 2.45) is 5.41 Å². The average Bonchev–Trinajstić information content (AvgIpc) is 2.90. The van der Waals surface area contributed by atoms with Gasteiger partial charge >= 0.3 is 6.03 Å². The minimum atomic E-state index is -0.490. The molecule has 9 heteroatoms. The lowest BCUT2D eigenvalue weighted by Crippen LogP contribution is -2.74. The molecule has 4 fully saturated rings. The molecule has 1 aromatic heterocycles. The molecule has 1 saturated carbocycles. The van der Waals surface area contributed by atoms with Crippen molar-refractivity contribution < 1.29 is 18.7 Å². The van der Waals surface area contributed by atoms with Crippen molar-refractivity contribution in [3.8, 4) is 5.88 Å². The number of hydrogen-bond donors (Lipinski definition) is 1. The first-order chi connectivity index (χ1) is 12.9. The molecule has 3 saturated heterocycles. The summed E-state index contributed by atoms with van der Waals surface area (Å²) in [5, 5.41) is 3.17. The predicted octanol–water partition coefficient (Wildman–Crippen LogP) is 1.80. The fourth-order valence-electron chi connectivity index (χ4n) is 4.82. The zero-order chi connectivity index (χ0) is 18.8. The fraction of sp³-hybridized carbons (Fsp3) is 0.611. The highest BCUT2D eigenvalue weighted by Crippen LogP contribution is 2.50. The molecule has 7 nitrogen and oxygen atoms in total. The summed E-state index contributed by atoms with van der Waals surface area (Å²) < 4.78 is 18.8. The number of hydrogen-bond acceptors (Lipinski definition) is 4. The molecule has 4 heterocycles. The van der Waals surface area contributed by atoms with Crippen molar-refractivity contribution in [3.05, 3.63) is 23.1 Å². The maximum absolute atomic E-state index is 13.0. The number of ether oxygens (including phenoxy) is 1. The summed E-state index contributed by atoms with van der Waals surface area (Å²) >= 11 is 5.94. The van der Waals surface area contributed by atoms with Crippen LogP contribution in [0.5, 0.6) is 5.88 Å². The zero-order valence-electron chi connectivity index (χ0n) is 14.7. The number of halogens is 2. The molecule has 1 aliphatic carbocycles. The van der Waals surface area contributed by atoms with Gasteiger partial charge in [-0.2, -0.15) is 0 Å². The van der Waals surface area contributed by atoms with Crippen LogP contribution in [0.4, 0.5) is 9.18 Å². The topological polar surface area (TPSA) is 74.8 Å². The summed E-state index contributed by atoms with van der Waals surface area (Å²) in [6.45, 7) is 2.68. The summed E-state index contributed by atoms with van der Waals surface area (Å²) in [5.41, 5.74) is -0.0525. The second-order valence-corrected chi connectivity index (χ2v) is 8.82. The number of likely N-dealkylation sites (tertiary alicyclic amines) is 2. The molecule has 0 unspecified atom stereocenters. The fourth-order valence-corrected chi connectivity index (χ4v) is 5.02. The highest BCUT2D eigenvalue weighted by Gasteiger charge is 2.57. The summed E-state index contributed by atoms with van der Waals surface area (Å²) in [5.74, 6) is -0.147. The minimum absolute atomic E-state index is 0.00121. The van der Waals surface area contributed by atoms with Gasteiger partial charge in [0, 0.05) is 38.0 Å². The number of amides is 3. The second-order valence-electron chi connectivity index (χ2n) is 8.41. The van der Waals surface area contributed by atoms with E-state index in [0.717, 1.165) is 38.5 Å². The summed E-state index contributed by atoms with van der Waals surface area (Å²) in [4.78, 5) is 31.5. The molecule has 0 bridgehead atoms. The Balaban J connectivity index is 1.08. The van der Waals surface area contributed by atoms with Crippen LogP contribution in [-0.2, 0) is 4.79 Å². The van der Waals surface area contributed by atoms with Gasteiger partial charge in [-0.15, -0.1) is 0 Å². The van der Waals surface area contributed by atoms with Crippen LogP contribution in [0.2, 0.25) is 5.02 Å². The molecular weight excluding hydrogens is 375 g/mol. The molecular formula is C18H20ClFN4O3. The number of nitrogens with zero attached hydrogens (tertiary/aromatic N) is 3. The van der Waals surface area contributed by atoms with Gasteiger partial charge in [0.2, 0.25) is 11.8 Å². The van der Waals surface area contributed by atoms with E-state index in [1.54, 1.807) is 0 Å². The number of pyridine rings is 1. The Kier molecular flexibility index (Phi) is 3.60. The van der Waals surface area contributed by atoms with Gasteiger partial charge in [-0.1, -0.05) is 11.6 Å². The van der Waals surface area contributed by atoms with Crippen molar-refractivity contribution in [1.29, 1.82) is 0 Å². The second kappa shape index (κ2) is 5.70. The van der Waals surface area contributed by atoms with Crippen molar-refractivity contribution in [3.63, 3.8) is 0 Å². The third-order valence-electron chi connectivity index (χ3n) is 6.19. The molecule has 2 spiro atoms. The Morgan fingerprint density at radius 1 is 1.30 bits per heavy atom. The normalized spacial score (nSPS) is 25.0. The van der Waals surface area contributed by atoms with E-state index in [1.807, 2.05) is 9.80 Å². The molecule has 3 amide bonds. The first-order valence-electron chi connectivity index (χ1n) is 9.18. The van der Waals surface area contributed by atoms with Gasteiger partial charge in [0.1, 0.15) is 16.9 Å². The lowest BCUT2D eigenvalue weighted by Gasteiger charge is -2.60. The first kappa shape index (κ1) is 17.0. The monoisotopic (exact) mass is 394 g/mol. The Labute approximate surface area is 160 Å². The molecule has 0 radical (unpaired) electrons. The number of carbonyl (C=O) groups excluding carboxylic acids is 2. The van der Waals surface area contributed by atoms with Crippen molar-refractivity contribution in [1.82, 2.24) is 20.1 Å². The van der Waals surface area contributed by atoms with Crippen LogP contribution in [0.1, 0.15) is 25.7 Å². The van der Waals surface area contributed by atoms with E-state index >= 15 is 0 Å². The van der Waals surface area contributed by atoms with Gasteiger partial charge in [-0.25, -0.2) is 14.2 Å². The Hall–Kier alpha value is -2.09. The Morgan fingerprint density at radius 2 is 2.00 bits per heavy atom. The highest BCUT2D eigenvalue weighted by molar-refractivity contribution is 6.31. The molecule has 4 aliphatic rings. The molecule has 1 aromatic rings.